The fraction of sp³-hybridized carbons (Fsp3) is 0.214. The van der Waals surface area contributed by atoms with Gasteiger partial charge in [-0.2, -0.15) is 0 Å². The second kappa shape index (κ2) is 6.36. The van der Waals surface area contributed by atoms with Crippen molar-refractivity contribution in [2.75, 3.05) is 12.3 Å². The Kier molecular flexibility index (Phi) is 4.49. The lowest BCUT2D eigenvalue weighted by Crippen LogP contribution is -2.42. The molecule has 0 saturated heterocycles. The third-order valence-electron chi connectivity index (χ3n) is 3.36. The van der Waals surface area contributed by atoms with Crippen LogP contribution in [-0.2, 0) is 18.8 Å². The first-order chi connectivity index (χ1) is 11.3. The van der Waals surface area contributed by atoms with E-state index in [0.717, 1.165) is 4.57 Å². The Balaban J connectivity index is 2.28. The number of hydrogen-bond donors (Lipinski definition) is 2. The van der Waals surface area contributed by atoms with Crippen molar-refractivity contribution in [2.45, 2.75) is 0 Å². The van der Waals surface area contributed by atoms with Crippen molar-refractivity contribution >= 4 is 17.6 Å². The first kappa shape index (κ1) is 16.9. The number of nitrogens with one attached hydrogen (secondary N) is 1. The number of H-pyrrole nitrogens is 1. The number of nitrogens with zero attached hydrogens (tertiary/aromatic N) is 2. The number of carbonyl (C=O) groups excluding carboxylic acids is 2. The van der Waals surface area contributed by atoms with E-state index in [4.69, 9.17) is 10.5 Å². The van der Waals surface area contributed by atoms with Gasteiger partial charge in [-0.1, -0.05) is 0 Å². The minimum absolute atomic E-state index is 0.286. The van der Waals surface area contributed by atoms with Crippen molar-refractivity contribution in [1.82, 2.24) is 14.1 Å². The molecule has 2 aromatic heterocycles. The molecule has 10 nitrogen and oxygen atoms in total. The van der Waals surface area contributed by atoms with Gasteiger partial charge in [-0.25, -0.2) is 9.59 Å². The molecule has 2 heterocycles. The predicted octanol–water partition coefficient (Wildman–Crippen LogP) is -1.61. The topological polar surface area (TPSA) is 146 Å². The van der Waals surface area contributed by atoms with E-state index in [0.29, 0.717) is 4.57 Å². The number of rotatable bonds is 4. The standard InChI is InChI=1S/C14H14N4O6/c1-17-10(15)9(12(21)18(2)14(17)23)8(19)6-24-13(22)7-4-3-5-16-11(7)20/h3-5H,6,15H2,1-2H3,(H,16,20). The number of pyridine rings is 1. The van der Waals surface area contributed by atoms with Crippen molar-refractivity contribution < 1.29 is 14.3 Å². The van der Waals surface area contributed by atoms with Crippen molar-refractivity contribution in [1.29, 1.82) is 0 Å². The lowest BCUT2D eigenvalue weighted by atomic mass is 10.2. The molecule has 3 N–H and O–H groups in total. The average molecular weight is 334 g/mol. The summed E-state index contributed by atoms with van der Waals surface area (Å²) in [6.45, 7) is -0.801. The lowest BCUT2D eigenvalue weighted by Gasteiger charge is -2.10. The molecule has 0 aliphatic rings. The Morgan fingerprint density at radius 2 is 1.88 bits per heavy atom. The summed E-state index contributed by atoms with van der Waals surface area (Å²) in [4.78, 5) is 61.4. The summed E-state index contributed by atoms with van der Waals surface area (Å²) < 4.78 is 6.39. The van der Waals surface area contributed by atoms with Crippen LogP contribution in [0.3, 0.4) is 0 Å². The number of nitrogens with two attached hydrogens (primary N) is 1. The Morgan fingerprint density at radius 1 is 1.21 bits per heavy atom. The second-order valence-corrected chi connectivity index (χ2v) is 4.88. The van der Waals surface area contributed by atoms with E-state index in [1.54, 1.807) is 0 Å². The van der Waals surface area contributed by atoms with Gasteiger partial charge in [0.15, 0.2) is 6.61 Å². The minimum Gasteiger partial charge on any atom is -0.454 e. The molecule has 0 radical (unpaired) electrons. The molecule has 0 atom stereocenters. The van der Waals surface area contributed by atoms with Crippen LogP contribution in [0.5, 0.6) is 0 Å². The maximum atomic E-state index is 12.2. The number of anilines is 1. The highest BCUT2D eigenvalue weighted by Crippen LogP contribution is 2.05. The monoisotopic (exact) mass is 334 g/mol. The first-order valence-corrected chi connectivity index (χ1v) is 6.69. The van der Waals surface area contributed by atoms with Crippen LogP contribution in [0.15, 0.2) is 32.7 Å². The Bertz CT molecular complexity index is 998. The maximum Gasteiger partial charge on any atom is 0.344 e. The van der Waals surface area contributed by atoms with Gasteiger partial charge < -0.3 is 15.5 Å². The van der Waals surface area contributed by atoms with Crippen LogP contribution >= 0.6 is 0 Å². The molecule has 24 heavy (non-hydrogen) atoms. The Labute approximate surface area is 134 Å². The third-order valence-corrected chi connectivity index (χ3v) is 3.36. The fourth-order valence-electron chi connectivity index (χ4n) is 1.99. The number of ether oxygens (including phenoxy) is 1. The number of hydrogen-bond acceptors (Lipinski definition) is 7. The molecular weight excluding hydrogens is 320 g/mol. The van der Waals surface area contributed by atoms with Gasteiger partial charge in [0.1, 0.15) is 16.9 Å². The summed E-state index contributed by atoms with van der Waals surface area (Å²) in [6, 6.07) is 2.64. The summed E-state index contributed by atoms with van der Waals surface area (Å²) in [5, 5.41) is 0. The largest absolute Gasteiger partial charge is 0.454 e. The van der Waals surface area contributed by atoms with Crippen LogP contribution in [0.25, 0.3) is 0 Å². The lowest BCUT2D eigenvalue weighted by molar-refractivity contribution is 0.0472. The van der Waals surface area contributed by atoms with Crippen LogP contribution in [0.2, 0.25) is 0 Å². The first-order valence-electron chi connectivity index (χ1n) is 6.69. The highest BCUT2D eigenvalue weighted by atomic mass is 16.5. The van der Waals surface area contributed by atoms with Gasteiger partial charge in [0.2, 0.25) is 5.78 Å². The average Bonchev–Trinajstić information content (AvgIpc) is 2.56. The van der Waals surface area contributed by atoms with Crippen LogP contribution in [-0.4, -0.2) is 32.5 Å². The molecule has 0 bridgehead atoms. The third kappa shape index (κ3) is 2.89. The molecule has 0 aliphatic carbocycles. The molecule has 2 rings (SSSR count). The quantitative estimate of drug-likeness (QED) is 0.505. The number of nitrogen functional groups attached to an aromatic ring is 1. The van der Waals surface area contributed by atoms with E-state index in [1.807, 2.05) is 0 Å². The molecule has 2 aromatic rings. The molecule has 10 heteroatoms. The van der Waals surface area contributed by atoms with E-state index < -0.39 is 40.7 Å². The van der Waals surface area contributed by atoms with Crippen molar-refractivity contribution in [3.8, 4) is 0 Å². The molecule has 0 aromatic carbocycles. The zero-order valence-electron chi connectivity index (χ0n) is 12.9. The Morgan fingerprint density at radius 3 is 2.50 bits per heavy atom. The van der Waals surface area contributed by atoms with Crippen LogP contribution in [0.4, 0.5) is 5.82 Å². The zero-order valence-corrected chi connectivity index (χ0v) is 12.9. The van der Waals surface area contributed by atoms with E-state index in [1.165, 1.54) is 32.4 Å². The van der Waals surface area contributed by atoms with Crippen LogP contribution < -0.4 is 22.5 Å². The van der Waals surface area contributed by atoms with Gasteiger partial charge in [-0.3, -0.25) is 23.5 Å². The molecule has 0 aliphatic heterocycles. The van der Waals surface area contributed by atoms with Gasteiger partial charge in [-0.15, -0.1) is 0 Å². The fourth-order valence-corrected chi connectivity index (χ4v) is 1.99. The summed E-state index contributed by atoms with van der Waals surface area (Å²) in [5.41, 5.74) is 2.62. The van der Waals surface area contributed by atoms with E-state index in [9.17, 15) is 24.0 Å². The number of esters is 1. The highest BCUT2D eigenvalue weighted by Gasteiger charge is 2.22. The second-order valence-electron chi connectivity index (χ2n) is 4.88. The summed E-state index contributed by atoms with van der Waals surface area (Å²) in [5.74, 6) is -2.24. The smallest absolute Gasteiger partial charge is 0.344 e. The van der Waals surface area contributed by atoms with E-state index in [2.05, 4.69) is 4.98 Å². The number of carbonyl (C=O) groups is 2. The molecular formula is C14H14N4O6. The van der Waals surface area contributed by atoms with Gasteiger partial charge in [0.05, 0.1) is 0 Å². The van der Waals surface area contributed by atoms with Gasteiger partial charge >= 0.3 is 11.7 Å². The molecule has 0 unspecified atom stereocenters. The van der Waals surface area contributed by atoms with Crippen LogP contribution in [0, 0.1) is 0 Å². The number of Topliss-reactive ketones (excluding diaryl/α,β-unsaturated/α-hetero) is 1. The summed E-state index contributed by atoms with van der Waals surface area (Å²) >= 11 is 0. The number of aromatic nitrogens is 3. The zero-order chi connectivity index (χ0) is 18.0. The van der Waals surface area contributed by atoms with Gasteiger partial charge in [-0.05, 0) is 12.1 Å². The molecule has 0 fully saturated rings. The SMILES string of the molecule is Cn1c(N)c(C(=O)COC(=O)c2ccc[nH]c2=O)c(=O)n(C)c1=O. The Hall–Kier alpha value is -3.43. The van der Waals surface area contributed by atoms with Gasteiger partial charge in [0, 0.05) is 20.3 Å². The molecule has 0 spiro atoms. The minimum atomic E-state index is -1.02. The predicted molar refractivity (Wildman–Crippen MR) is 83.0 cm³/mol. The van der Waals surface area contributed by atoms with E-state index >= 15 is 0 Å². The van der Waals surface area contributed by atoms with E-state index in [-0.39, 0.29) is 11.4 Å². The number of aromatic amines is 1. The molecule has 126 valence electrons. The van der Waals surface area contributed by atoms with Crippen molar-refractivity contribution in [3.05, 3.63) is 60.6 Å². The number of ketones is 1. The highest BCUT2D eigenvalue weighted by molar-refractivity contribution is 6.02. The summed E-state index contributed by atoms with van der Waals surface area (Å²) in [7, 11) is 2.49. The molecule has 0 amide bonds. The molecule has 0 saturated carbocycles. The van der Waals surface area contributed by atoms with Gasteiger partial charge in [0.25, 0.3) is 11.1 Å². The van der Waals surface area contributed by atoms with Crippen molar-refractivity contribution in [2.24, 2.45) is 14.1 Å². The summed E-state index contributed by atoms with van der Waals surface area (Å²) in [6.07, 6.45) is 1.33. The maximum absolute atomic E-state index is 12.2. The van der Waals surface area contributed by atoms with Crippen molar-refractivity contribution in [3.63, 3.8) is 0 Å². The normalized spacial score (nSPS) is 10.4. The van der Waals surface area contributed by atoms with Crippen LogP contribution in [0.1, 0.15) is 20.7 Å².